The molecule has 0 aliphatic carbocycles. The Balaban J connectivity index is 1.77. The molecule has 0 bridgehead atoms. The van der Waals surface area contributed by atoms with E-state index in [0.717, 1.165) is 15.5 Å². The largest absolute Gasteiger partial charge is 0.469 e. The summed E-state index contributed by atoms with van der Waals surface area (Å²) in [6, 6.07) is 7.96. The zero-order chi connectivity index (χ0) is 21.2. The SMILES string of the molecule is COC(=O)C(C)(C)C(C)(C)NCC(=O)N1N=C(c2cccs2)C[C@@H]1c1cccs1. The fourth-order valence-electron chi connectivity index (χ4n) is 3.14. The van der Waals surface area contributed by atoms with Crippen LogP contribution in [0.15, 0.2) is 40.1 Å². The van der Waals surface area contributed by atoms with E-state index >= 15 is 0 Å². The highest BCUT2D eigenvalue weighted by atomic mass is 32.1. The number of hydrogen-bond donors (Lipinski definition) is 1. The van der Waals surface area contributed by atoms with Gasteiger partial charge in [0.25, 0.3) is 5.91 Å². The van der Waals surface area contributed by atoms with Crippen molar-refractivity contribution in [1.82, 2.24) is 10.3 Å². The fraction of sp³-hybridized carbons (Fsp3) is 0.476. The second kappa shape index (κ2) is 8.38. The third-order valence-corrected chi connectivity index (χ3v) is 7.68. The minimum absolute atomic E-state index is 0.0799. The van der Waals surface area contributed by atoms with Gasteiger partial charge in [-0.2, -0.15) is 5.10 Å². The van der Waals surface area contributed by atoms with Gasteiger partial charge in [0.05, 0.1) is 35.7 Å². The van der Waals surface area contributed by atoms with E-state index < -0.39 is 11.0 Å². The molecule has 3 rings (SSSR count). The van der Waals surface area contributed by atoms with E-state index in [2.05, 4.69) is 10.4 Å². The molecule has 0 saturated carbocycles. The van der Waals surface area contributed by atoms with E-state index in [-0.39, 0.29) is 24.5 Å². The average Bonchev–Trinajstić information content (AvgIpc) is 3.44. The molecule has 0 saturated heterocycles. The van der Waals surface area contributed by atoms with E-state index in [1.165, 1.54) is 7.11 Å². The van der Waals surface area contributed by atoms with Crippen molar-refractivity contribution in [2.24, 2.45) is 10.5 Å². The molecule has 1 amide bonds. The maximum atomic E-state index is 13.1. The second-order valence-corrected chi connectivity index (χ2v) is 10.0. The molecule has 1 aliphatic rings. The number of ether oxygens (including phenoxy) is 1. The first kappa shape index (κ1) is 21.7. The molecule has 2 aromatic rings. The van der Waals surface area contributed by atoms with Crippen molar-refractivity contribution in [3.05, 3.63) is 44.8 Å². The summed E-state index contributed by atoms with van der Waals surface area (Å²) in [5.74, 6) is -0.443. The molecule has 0 aromatic carbocycles. The summed E-state index contributed by atoms with van der Waals surface area (Å²) in [6.45, 7) is 7.51. The van der Waals surface area contributed by atoms with Crippen LogP contribution in [0.2, 0.25) is 0 Å². The lowest BCUT2D eigenvalue weighted by Crippen LogP contribution is -2.57. The molecule has 29 heavy (non-hydrogen) atoms. The Bertz CT molecular complexity index is 886. The van der Waals surface area contributed by atoms with E-state index in [1.54, 1.807) is 27.7 Å². The molecular weight excluding hydrogens is 406 g/mol. The Morgan fingerprint density at radius 2 is 1.90 bits per heavy atom. The number of amides is 1. The highest BCUT2D eigenvalue weighted by Crippen LogP contribution is 2.36. The quantitative estimate of drug-likeness (QED) is 0.669. The second-order valence-electron chi connectivity index (χ2n) is 8.09. The Labute approximate surface area is 179 Å². The molecule has 2 aromatic heterocycles. The summed E-state index contributed by atoms with van der Waals surface area (Å²) in [5, 5.41) is 13.5. The topological polar surface area (TPSA) is 71.0 Å². The predicted molar refractivity (Wildman–Crippen MR) is 117 cm³/mol. The minimum atomic E-state index is -0.800. The van der Waals surface area contributed by atoms with Crippen LogP contribution in [0.5, 0.6) is 0 Å². The van der Waals surface area contributed by atoms with Crippen LogP contribution in [0.1, 0.15) is 49.9 Å². The summed E-state index contributed by atoms with van der Waals surface area (Å²) >= 11 is 3.26. The first-order valence-corrected chi connectivity index (χ1v) is 11.2. The lowest BCUT2D eigenvalue weighted by Gasteiger charge is -2.40. The van der Waals surface area contributed by atoms with E-state index in [0.29, 0.717) is 6.42 Å². The standard InChI is InChI=1S/C21H27N3O3S2/c1-20(2,19(26)27-5)21(3,4)22-13-18(25)24-15(17-9-7-11-29-17)12-14(23-24)16-8-6-10-28-16/h6-11,15,22H,12-13H2,1-5H3/t15-/m1/s1. The van der Waals surface area contributed by atoms with Gasteiger partial charge in [0.1, 0.15) is 0 Å². The van der Waals surface area contributed by atoms with Gasteiger partial charge in [-0.05, 0) is 50.6 Å². The summed E-state index contributed by atoms with van der Waals surface area (Å²) in [6.07, 6.45) is 0.698. The van der Waals surface area contributed by atoms with Gasteiger partial charge in [0.2, 0.25) is 0 Å². The number of nitrogens with one attached hydrogen (secondary N) is 1. The van der Waals surface area contributed by atoms with Crippen molar-refractivity contribution in [3.8, 4) is 0 Å². The first-order chi connectivity index (χ1) is 13.7. The maximum Gasteiger partial charge on any atom is 0.313 e. The van der Waals surface area contributed by atoms with E-state index in [9.17, 15) is 9.59 Å². The van der Waals surface area contributed by atoms with Gasteiger partial charge in [-0.1, -0.05) is 12.1 Å². The lowest BCUT2D eigenvalue weighted by atomic mass is 9.74. The highest BCUT2D eigenvalue weighted by molar-refractivity contribution is 7.12. The molecule has 8 heteroatoms. The Morgan fingerprint density at radius 3 is 2.48 bits per heavy atom. The molecule has 0 spiro atoms. The van der Waals surface area contributed by atoms with Gasteiger partial charge >= 0.3 is 5.97 Å². The van der Waals surface area contributed by atoms with Crippen LogP contribution in [0, 0.1) is 5.41 Å². The van der Waals surface area contributed by atoms with Crippen LogP contribution in [0.4, 0.5) is 0 Å². The van der Waals surface area contributed by atoms with Crippen molar-refractivity contribution >= 4 is 40.3 Å². The summed E-state index contributed by atoms with van der Waals surface area (Å²) in [5.41, 5.74) is -0.513. The average molecular weight is 434 g/mol. The fourth-order valence-corrected chi connectivity index (χ4v) is 4.68. The number of carbonyl (C=O) groups is 2. The molecule has 0 radical (unpaired) electrons. The number of hydrazone groups is 1. The van der Waals surface area contributed by atoms with Gasteiger partial charge < -0.3 is 10.1 Å². The first-order valence-electron chi connectivity index (χ1n) is 9.47. The van der Waals surface area contributed by atoms with Crippen LogP contribution in [-0.2, 0) is 14.3 Å². The van der Waals surface area contributed by atoms with Gasteiger partial charge in [0, 0.05) is 16.8 Å². The number of nitrogens with zero attached hydrogens (tertiary/aromatic N) is 2. The Hall–Kier alpha value is -2.03. The third kappa shape index (κ3) is 4.29. The molecule has 6 nitrogen and oxygen atoms in total. The van der Waals surface area contributed by atoms with Crippen LogP contribution in [-0.4, -0.2) is 41.8 Å². The zero-order valence-corrected chi connectivity index (χ0v) is 19.0. The van der Waals surface area contributed by atoms with E-state index in [1.807, 2.05) is 62.7 Å². The summed E-state index contributed by atoms with van der Waals surface area (Å²) in [7, 11) is 1.38. The lowest BCUT2D eigenvalue weighted by molar-refractivity contribution is -0.155. The number of rotatable bonds is 7. The third-order valence-electron chi connectivity index (χ3n) is 5.78. The van der Waals surface area contributed by atoms with Crippen molar-refractivity contribution in [1.29, 1.82) is 0 Å². The van der Waals surface area contributed by atoms with E-state index in [4.69, 9.17) is 4.74 Å². The maximum absolute atomic E-state index is 13.1. The Kier molecular flexibility index (Phi) is 6.26. The van der Waals surface area contributed by atoms with Crippen LogP contribution in [0.3, 0.4) is 0 Å². The molecule has 0 unspecified atom stereocenters. The molecule has 1 aliphatic heterocycles. The monoisotopic (exact) mass is 433 g/mol. The Morgan fingerprint density at radius 1 is 1.21 bits per heavy atom. The molecule has 1 atom stereocenters. The number of hydrogen-bond acceptors (Lipinski definition) is 7. The highest BCUT2D eigenvalue weighted by Gasteiger charge is 2.44. The zero-order valence-electron chi connectivity index (χ0n) is 17.4. The smallest absolute Gasteiger partial charge is 0.313 e. The van der Waals surface area contributed by atoms with Crippen molar-refractivity contribution < 1.29 is 14.3 Å². The van der Waals surface area contributed by atoms with Crippen molar-refractivity contribution in [3.63, 3.8) is 0 Å². The van der Waals surface area contributed by atoms with Crippen LogP contribution < -0.4 is 5.32 Å². The number of carbonyl (C=O) groups excluding carboxylic acids is 2. The number of esters is 1. The number of thiophene rings is 2. The summed E-state index contributed by atoms with van der Waals surface area (Å²) in [4.78, 5) is 27.5. The van der Waals surface area contributed by atoms with Gasteiger partial charge in [-0.25, -0.2) is 5.01 Å². The molecule has 1 N–H and O–H groups in total. The molecule has 3 heterocycles. The molecule has 0 fully saturated rings. The number of methoxy groups -OCH3 is 1. The minimum Gasteiger partial charge on any atom is -0.469 e. The van der Waals surface area contributed by atoms with Crippen molar-refractivity contribution in [2.75, 3.05) is 13.7 Å². The normalized spacial score (nSPS) is 17.3. The van der Waals surface area contributed by atoms with Crippen molar-refractivity contribution in [2.45, 2.75) is 45.7 Å². The predicted octanol–water partition coefficient (Wildman–Crippen LogP) is 4.05. The molecule has 156 valence electrons. The molecular formula is C21H27N3O3S2. The summed E-state index contributed by atoms with van der Waals surface area (Å²) < 4.78 is 4.94. The van der Waals surface area contributed by atoms with Gasteiger partial charge in [-0.15, -0.1) is 22.7 Å². The van der Waals surface area contributed by atoms with Crippen LogP contribution in [0.25, 0.3) is 0 Å². The van der Waals surface area contributed by atoms with Gasteiger partial charge in [-0.3, -0.25) is 9.59 Å². The van der Waals surface area contributed by atoms with Gasteiger partial charge in [0.15, 0.2) is 0 Å². The van der Waals surface area contributed by atoms with Crippen LogP contribution >= 0.6 is 22.7 Å².